The number of carbonyl (C=O) groups is 1. The Morgan fingerprint density at radius 2 is 2.12 bits per heavy atom. The Labute approximate surface area is 149 Å². The molecule has 2 heterocycles. The van der Waals surface area contributed by atoms with Gasteiger partial charge in [0.25, 0.3) is 5.91 Å². The molecule has 2 fully saturated rings. The first-order valence-electron chi connectivity index (χ1n) is 9.30. The molecule has 1 spiro atoms. The van der Waals surface area contributed by atoms with Crippen LogP contribution in [0.2, 0.25) is 0 Å². The first-order valence-corrected chi connectivity index (χ1v) is 9.30. The van der Waals surface area contributed by atoms with Crippen molar-refractivity contribution in [2.75, 3.05) is 20.2 Å². The Morgan fingerprint density at radius 1 is 1.28 bits per heavy atom. The van der Waals surface area contributed by atoms with Crippen LogP contribution in [0.4, 0.5) is 0 Å². The predicted octanol–water partition coefficient (Wildman–Crippen LogP) is 3.96. The van der Waals surface area contributed by atoms with Crippen LogP contribution in [0.25, 0.3) is 10.9 Å². The van der Waals surface area contributed by atoms with Gasteiger partial charge in [-0.15, -0.1) is 0 Å². The molecule has 0 N–H and O–H groups in total. The number of fused-ring (bicyclic) bond motifs is 1. The van der Waals surface area contributed by atoms with Crippen molar-refractivity contribution in [3.63, 3.8) is 0 Å². The van der Waals surface area contributed by atoms with Crippen molar-refractivity contribution in [1.29, 1.82) is 0 Å². The molecule has 2 atom stereocenters. The van der Waals surface area contributed by atoms with Crippen LogP contribution in [0, 0.1) is 12.3 Å². The van der Waals surface area contributed by atoms with E-state index in [4.69, 9.17) is 4.74 Å². The van der Waals surface area contributed by atoms with Crippen molar-refractivity contribution in [2.24, 2.45) is 5.41 Å². The number of aryl methyl sites for hydroxylation is 1. The van der Waals surface area contributed by atoms with Gasteiger partial charge in [-0.25, -0.2) is 0 Å². The third kappa shape index (κ3) is 2.82. The van der Waals surface area contributed by atoms with Gasteiger partial charge in [-0.2, -0.15) is 0 Å². The maximum absolute atomic E-state index is 13.3. The van der Waals surface area contributed by atoms with Crippen molar-refractivity contribution >= 4 is 16.8 Å². The summed E-state index contributed by atoms with van der Waals surface area (Å²) in [5, 5.41) is 0.960. The number of benzene rings is 1. The molecule has 1 aromatic heterocycles. The molecule has 132 valence electrons. The fourth-order valence-corrected chi connectivity index (χ4v) is 4.89. The number of hydrogen-bond acceptors (Lipinski definition) is 3. The normalized spacial score (nSPS) is 26.5. The van der Waals surface area contributed by atoms with Crippen LogP contribution in [0.5, 0.6) is 0 Å². The summed E-state index contributed by atoms with van der Waals surface area (Å²) in [6, 6.07) is 7.98. The predicted molar refractivity (Wildman–Crippen MR) is 98.7 cm³/mol. The molecular weight excluding hydrogens is 312 g/mol. The van der Waals surface area contributed by atoms with E-state index < -0.39 is 0 Å². The van der Waals surface area contributed by atoms with E-state index in [-0.39, 0.29) is 11.3 Å². The Bertz CT molecular complexity index is 804. The van der Waals surface area contributed by atoms with Gasteiger partial charge in [-0.05, 0) is 50.8 Å². The van der Waals surface area contributed by atoms with E-state index in [1.165, 1.54) is 19.3 Å². The van der Waals surface area contributed by atoms with Gasteiger partial charge in [0.2, 0.25) is 0 Å². The second-order valence-electron chi connectivity index (χ2n) is 7.69. The highest BCUT2D eigenvalue weighted by Gasteiger charge is 2.46. The molecule has 2 aromatic rings. The smallest absolute Gasteiger partial charge is 0.254 e. The molecule has 0 bridgehead atoms. The fraction of sp³-hybridized carbons (Fsp3) is 0.524. The van der Waals surface area contributed by atoms with Gasteiger partial charge in [0.15, 0.2) is 0 Å². The second kappa shape index (κ2) is 6.41. The standard InChI is InChI=1S/C21H26N2O2/c1-15-6-7-18-17(13-15)16(8-11-22-18)20(24)23-12-4-10-21(14-23)9-3-5-19(21)25-2/h6-8,11,13,19H,3-5,9-10,12,14H2,1-2H3/t19-,21+/m1/s1. The maximum Gasteiger partial charge on any atom is 0.254 e. The average Bonchev–Trinajstić information content (AvgIpc) is 3.02. The minimum atomic E-state index is 0.138. The molecular formula is C21H26N2O2. The highest BCUT2D eigenvalue weighted by molar-refractivity contribution is 6.06. The molecule has 2 aliphatic rings. The number of amides is 1. The number of hydrogen-bond donors (Lipinski definition) is 0. The number of likely N-dealkylation sites (tertiary alicyclic amines) is 1. The third-order valence-electron chi connectivity index (χ3n) is 6.13. The van der Waals surface area contributed by atoms with Crippen LogP contribution in [0.15, 0.2) is 30.5 Å². The maximum atomic E-state index is 13.3. The van der Waals surface area contributed by atoms with E-state index in [2.05, 4.69) is 22.9 Å². The minimum absolute atomic E-state index is 0.138. The van der Waals surface area contributed by atoms with Gasteiger partial charge in [-0.3, -0.25) is 9.78 Å². The zero-order valence-electron chi connectivity index (χ0n) is 15.1. The molecule has 1 aliphatic carbocycles. The van der Waals surface area contributed by atoms with Crippen LogP contribution in [-0.4, -0.2) is 42.1 Å². The van der Waals surface area contributed by atoms with Crippen LogP contribution in [0.1, 0.15) is 48.0 Å². The Balaban J connectivity index is 1.66. The van der Waals surface area contributed by atoms with Gasteiger partial charge in [0.1, 0.15) is 0 Å². The van der Waals surface area contributed by atoms with Gasteiger partial charge in [-0.1, -0.05) is 18.1 Å². The molecule has 1 aromatic carbocycles. The quantitative estimate of drug-likeness (QED) is 0.832. The number of aromatic nitrogens is 1. The monoisotopic (exact) mass is 338 g/mol. The van der Waals surface area contributed by atoms with Crippen LogP contribution < -0.4 is 0 Å². The Hall–Kier alpha value is -1.94. The van der Waals surface area contributed by atoms with Gasteiger partial charge in [0.05, 0.1) is 17.2 Å². The summed E-state index contributed by atoms with van der Waals surface area (Å²) in [6.07, 6.45) is 7.77. The number of pyridine rings is 1. The molecule has 1 saturated heterocycles. The molecule has 4 heteroatoms. The zero-order valence-corrected chi connectivity index (χ0v) is 15.1. The summed E-state index contributed by atoms with van der Waals surface area (Å²) in [6.45, 7) is 3.71. The molecule has 1 saturated carbocycles. The van der Waals surface area contributed by atoms with E-state index in [0.717, 1.165) is 48.0 Å². The number of piperidine rings is 1. The number of ether oxygens (including phenoxy) is 1. The average molecular weight is 338 g/mol. The Morgan fingerprint density at radius 3 is 2.96 bits per heavy atom. The van der Waals surface area contributed by atoms with E-state index >= 15 is 0 Å². The lowest BCUT2D eigenvalue weighted by Crippen LogP contribution is -2.49. The molecule has 0 radical (unpaired) electrons. The van der Waals surface area contributed by atoms with Crippen molar-refractivity contribution in [2.45, 2.75) is 45.1 Å². The molecule has 4 nitrogen and oxygen atoms in total. The van der Waals surface area contributed by atoms with Gasteiger partial charge < -0.3 is 9.64 Å². The number of methoxy groups -OCH3 is 1. The van der Waals surface area contributed by atoms with Crippen LogP contribution in [0.3, 0.4) is 0 Å². The topological polar surface area (TPSA) is 42.4 Å². The molecule has 4 rings (SSSR count). The van der Waals surface area contributed by atoms with Crippen LogP contribution >= 0.6 is 0 Å². The van der Waals surface area contributed by atoms with Crippen LogP contribution in [-0.2, 0) is 4.74 Å². The summed E-state index contributed by atoms with van der Waals surface area (Å²) in [4.78, 5) is 19.8. The highest BCUT2D eigenvalue weighted by atomic mass is 16.5. The Kier molecular flexibility index (Phi) is 4.24. The van der Waals surface area contributed by atoms with E-state index in [9.17, 15) is 4.79 Å². The highest BCUT2D eigenvalue weighted by Crippen LogP contribution is 2.46. The number of rotatable bonds is 2. The molecule has 25 heavy (non-hydrogen) atoms. The summed E-state index contributed by atoms with van der Waals surface area (Å²) < 4.78 is 5.78. The lowest BCUT2D eigenvalue weighted by Gasteiger charge is -2.43. The van der Waals surface area contributed by atoms with Gasteiger partial charge in [0, 0.05) is 37.2 Å². The molecule has 1 amide bonds. The minimum Gasteiger partial charge on any atom is -0.381 e. The van der Waals surface area contributed by atoms with E-state index in [1.54, 1.807) is 6.20 Å². The molecule has 1 aliphatic heterocycles. The summed E-state index contributed by atoms with van der Waals surface area (Å²) in [5.74, 6) is 0.138. The number of carbonyl (C=O) groups excluding carboxylic acids is 1. The number of nitrogens with zero attached hydrogens (tertiary/aromatic N) is 2. The summed E-state index contributed by atoms with van der Waals surface area (Å²) in [7, 11) is 1.82. The van der Waals surface area contributed by atoms with E-state index in [1.807, 2.05) is 25.3 Å². The first-order chi connectivity index (χ1) is 12.1. The van der Waals surface area contributed by atoms with Crippen molar-refractivity contribution in [1.82, 2.24) is 9.88 Å². The summed E-state index contributed by atoms with van der Waals surface area (Å²) in [5.41, 5.74) is 2.97. The van der Waals surface area contributed by atoms with Crippen molar-refractivity contribution in [3.8, 4) is 0 Å². The van der Waals surface area contributed by atoms with Gasteiger partial charge >= 0.3 is 0 Å². The second-order valence-corrected chi connectivity index (χ2v) is 7.69. The summed E-state index contributed by atoms with van der Waals surface area (Å²) >= 11 is 0. The first kappa shape index (κ1) is 16.5. The largest absolute Gasteiger partial charge is 0.381 e. The molecule has 0 unspecified atom stereocenters. The fourth-order valence-electron chi connectivity index (χ4n) is 4.89. The lowest BCUT2D eigenvalue weighted by molar-refractivity contribution is -0.0295. The van der Waals surface area contributed by atoms with E-state index in [0.29, 0.717) is 6.10 Å². The zero-order chi connectivity index (χ0) is 17.4. The lowest BCUT2D eigenvalue weighted by atomic mass is 9.76. The van der Waals surface area contributed by atoms with Crippen molar-refractivity contribution in [3.05, 3.63) is 41.6 Å². The SMILES string of the molecule is CO[C@@H]1CCC[C@@]12CCCN(C(=O)c1ccnc3ccc(C)cc13)C2. The van der Waals surface area contributed by atoms with Crippen molar-refractivity contribution < 1.29 is 9.53 Å². The third-order valence-corrected chi connectivity index (χ3v) is 6.13.